The van der Waals surface area contributed by atoms with Gasteiger partial charge in [-0.15, -0.1) is 0 Å². The van der Waals surface area contributed by atoms with Crippen LogP contribution in [0.25, 0.3) is 21.3 Å². The molecule has 6 heteroatoms. The lowest BCUT2D eigenvalue weighted by Crippen LogP contribution is -1.94. The Balaban J connectivity index is 1.81. The third kappa shape index (κ3) is 2.31. The molecule has 23 heavy (non-hydrogen) atoms. The highest BCUT2D eigenvalue weighted by Crippen LogP contribution is 2.35. The number of hydrogen-bond acceptors (Lipinski definition) is 5. The van der Waals surface area contributed by atoms with Gasteiger partial charge >= 0.3 is 0 Å². The molecule has 0 atom stereocenters. The monoisotopic (exact) mass is 324 g/mol. The van der Waals surface area contributed by atoms with Crippen molar-refractivity contribution in [2.75, 3.05) is 12.4 Å². The quantitative estimate of drug-likeness (QED) is 0.612. The van der Waals surface area contributed by atoms with Crippen LogP contribution in [0.4, 0.5) is 10.8 Å². The van der Waals surface area contributed by atoms with Gasteiger partial charge in [-0.1, -0.05) is 17.4 Å². The van der Waals surface area contributed by atoms with Crippen LogP contribution in [-0.4, -0.2) is 21.6 Å². The van der Waals surface area contributed by atoms with Gasteiger partial charge in [-0.3, -0.25) is 0 Å². The summed E-state index contributed by atoms with van der Waals surface area (Å²) in [7, 11) is 3.66. The van der Waals surface area contributed by atoms with Gasteiger partial charge in [-0.05, 0) is 36.8 Å². The Bertz CT molecular complexity index is 1020. The molecule has 0 spiro atoms. The lowest BCUT2D eigenvalue weighted by molar-refractivity contribution is 0.416. The third-order valence-corrected chi connectivity index (χ3v) is 4.79. The number of fused-ring (bicyclic) bond motifs is 3. The Hall–Kier alpha value is -2.60. The van der Waals surface area contributed by atoms with Gasteiger partial charge in [0.15, 0.2) is 5.13 Å². The molecule has 0 aliphatic carbocycles. The van der Waals surface area contributed by atoms with Crippen molar-refractivity contribution in [3.8, 4) is 5.75 Å². The fourth-order valence-electron chi connectivity index (χ4n) is 2.68. The lowest BCUT2D eigenvalue weighted by Gasteiger charge is -2.09. The Morgan fingerprint density at radius 3 is 2.87 bits per heavy atom. The summed E-state index contributed by atoms with van der Waals surface area (Å²) in [6.45, 7) is 2.06. The molecule has 1 N–H and O–H groups in total. The largest absolute Gasteiger partial charge is 0.495 e. The maximum Gasteiger partial charge on any atom is 0.188 e. The second-order valence-corrected chi connectivity index (χ2v) is 6.51. The topological polar surface area (TPSA) is 52.0 Å². The predicted octanol–water partition coefficient (Wildman–Crippen LogP) is 4.24. The summed E-state index contributed by atoms with van der Waals surface area (Å²) in [4.78, 5) is 9.20. The van der Waals surface area contributed by atoms with Crippen molar-refractivity contribution < 1.29 is 4.74 Å². The summed E-state index contributed by atoms with van der Waals surface area (Å²) < 4.78 is 8.54. The highest BCUT2D eigenvalue weighted by molar-refractivity contribution is 7.22. The molecule has 0 radical (unpaired) electrons. The average molecular weight is 324 g/mol. The molecule has 4 aromatic rings. The van der Waals surface area contributed by atoms with E-state index in [2.05, 4.69) is 35.4 Å². The van der Waals surface area contributed by atoms with Gasteiger partial charge in [-0.2, -0.15) is 0 Å². The van der Waals surface area contributed by atoms with Gasteiger partial charge in [0, 0.05) is 7.05 Å². The highest BCUT2D eigenvalue weighted by atomic mass is 32.1. The number of nitrogens with one attached hydrogen (secondary N) is 1. The zero-order valence-electron chi connectivity index (χ0n) is 13.1. The van der Waals surface area contributed by atoms with Crippen LogP contribution in [0, 0.1) is 6.92 Å². The molecule has 116 valence electrons. The van der Waals surface area contributed by atoms with Crippen LogP contribution in [0.15, 0.2) is 36.7 Å². The van der Waals surface area contributed by atoms with Crippen molar-refractivity contribution in [2.45, 2.75) is 6.92 Å². The minimum Gasteiger partial charge on any atom is -0.495 e. The first-order chi connectivity index (χ1) is 11.2. The van der Waals surface area contributed by atoms with E-state index in [9.17, 15) is 0 Å². The SMILES string of the molecule is COc1ccc(C)cc1Nc1nc2c(ccc3c2ncn3C)s1. The minimum atomic E-state index is 0.804. The molecule has 0 saturated heterocycles. The average Bonchev–Trinajstić information content (AvgIpc) is 3.11. The van der Waals surface area contributed by atoms with Crippen LogP contribution in [0.2, 0.25) is 0 Å². The Morgan fingerprint density at radius 2 is 2.04 bits per heavy atom. The molecular formula is C17H16N4OS. The number of imidazole rings is 1. The van der Waals surface area contributed by atoms with Crippen molar-refractivity contribution in [3.63, 3.8) is 0 Å². The van der Waals surface area contributed by atoms with E-state index >= 15 is 0 Å². The van der Waals surface area contributed by atoms with E-state index in [4.69, 9.17) is 9.72 Å². The number of methoxy groups -OCH3 is 1. The maximum absolute atomic E-state index is 5.42. The standard InChI is InChI=1S/C17H16N4OS/c1-10-4-6-13(22-3)11(8-10)19-17-20-16-14(23-17)7-5-12-15(16)18-9-21(12)2/h4-9H,1-3H3,(H,19,20). The third-order valence-electron chi connectivity index (χ3n) is 3.85. The van der Waals surface area contributed by atoms with Gasteiger partial charge in [0.1, 0.15) is 16.8 Å². The van der Waals surface area contributed by atoms with E-state index < -0.39 is 0 Å². The molecule has 0 fully saturated rings. The first-order valence-corrected chi connectivity index (χ1v) is 8.09. The lowest BCUT2D eigenvalue weighted by atomic mass is 10.2. The molecule has 0 aliphatic rings. The molecule has 0 unspecified atom stereocenters. The van der Waals surface area contributed by atoms with Gasteiger partial charge in [0.25, 0.3) is 0 Å². The molecule has 0 amide bonds. The van der Waals surface area contributed by atoms with Gasteiger partial charge in [-0.25, -0.2) is 9.97 Å². The van der Waals surface area contributed by atoms with Crippen molar-refractivity contribution in [1.29, 1.82) is 0 Å². The number of aryl methyl sites for hydroxylation is 2. The Kier molecular flexibility index (Phi) is 3.20. The number of aromatic nitrogens is 3. The summed E-state index contributed by atoms with van der Waals surface area (Å²) >= 11 is 1.61. The zero-order valence-corrected chi connectivity index (χ0v) is 13.9. The van der Waals surface area contributed by atoms with E-state index in [0.29, 0.717) is 0 Å². The first kappa shape index (κ1) is 14.0. The van der Waals surface area contributed by atoms with Gasteiger partial charge in [0.05, 0.1) is 29.3 Å². The summed E-state index contributed by atoms with van der Waals surface area (Å²) in [5.74, 6) is 0.804. The number of rotatable bonds is 3. The van der Waals surface area contributed by atoms with Gasteiger partial charge < -0.3 is 14.6 Å². The van der Waals surface area contributed by atoms with Crippen molar-refractivity contribution in [1.82, 2.24) is 14.5 Å². The van der Waals surface area contributed by atoms with Crippen molar-refractivity contribution in [3.05, 3.63) is 42.2 Å². The maximum atomic E-state index is 5.42. The second kappa shape index (κ2) is 5.24. The molecule has 0 aliphatic heterocycles. The van der Waals surface area contributed by atoms with Crippen LogP contribution in [0.5, 0.6) is 5.75 Å². The first-order valence-electron chi connectivity index (χ1n) is 7.28. The van der Waals surface area contributed by atoms with Crippen LogP contribution in [-0.2, 0) is 7.05 Å². The molecular weight excluding hydrogens is 308 g/mol. The zero-order chi connectivity index (χ0) is 16.0. The van der Waals surface area contributed by atoms with Crippen LogP contribution >= 0.6 is 11.3 Å². The van der Waals surface area contributed by atoms with Crippen molar-refractivity contribution >= 4 is 43.4 Å². The van der Waals surface area contributed by atoms with Crippen LogP contribution in [0.1, 0.15) is 5.56 Å². The van der Waals surface area contributed by atoms with E-state index in [1.54, 1.807) is 18.4 Å². The summed E-state index contributed by atoms with van der Waals surface area (Å²) in [6.07, 6.45) is 1.82. The van der Waals surface area contributed by atoms with Gasteiger partial charge in [0.2, 0.25) is 0 Å². The number of thiazole rings is 1. The number of hydrogen-bond donors (Lipinski definition) is 1. The van der Waals surface area contributed by atoms with Crippen LogP contribution < -0.4 is 10.1 Å². The number of ether oxygens (including phenoxy) is 1. The molecule has 5 nitrogen and oxygen atoms in total. The normalized spacial score (nSPS) is 11.3. The van der Waals surface area contributed by atoms with Crippen molar-refractivity contribution in [2.24, 2.45) is 7.05 Å². The number of nitrogens with zero attached hydrogens (tertiary/aromatic N) is 3. The molecule has 2 aromatic carbocycles. The molecule has 0 saturated carbocycles. The van der Waals surface area contributed by atoms with E-state index in [1.165, 1.54) is 5.56 Å². The smallest absolute Gasteiger partial charge is 0.188 e. The minimum absolute atomic E-state index is 0.804. The summed E-state index contributed by atoms with van der Waals surface area (Å²) in [5.41, 5.74) is 5.04. The fraction of sp³-hybridized carbons (Fsp3) is 0.176. The number of anilines is 2. The van der Waals surface area contributed by atoms with E-state index in [-0.39, 0.29) is 0 Å². The summed E-state index contributed by atoms with van der Waals surface area (Å²) in [5, 5.41) is 4.21. The molecule has 4 rings (SSSR count). The second-order valence-electron chi connectivity index (χ2n) is 5.48. The number of benzene rings is 2. The summed E-state index contributed by atoms with van der Waals surface area (Å²) in [6, 6.07) is 10.2. The Morgan fingerprint density at radius 1 is 1.17 bits per heavy atom. The molecule has 0 bridgehead atoms. The highest BCUT2D eigenvalue weighted by Gasteiger charge is 2.12. The predicted molar refractivity (Wildman–Crippen MR) is 94.9 cm³/mol. The van der Waals surface area contributed by atoms with E-state index in [1.807, 2.05) is 30.1 Å². The van der Waals surface area contributed by atoms with E-state index in [0.717, 1.165) is 37.8 Å². The molecule has 2 heterocycles. The Labute approximate surface area is 137 Å². The fourth-order valence-corrected chi connectivity index (χ4v) is 3.56. The van der Waals surface area contributed by atoms with Crippen LogP contribution in [0.3, 0.4) is 0 Å². The molecule has 2 aromatic heterocycles.